The minimum Gasteiger partial charge on any atom is -0.306 e. The molecule has 1 atom stereocenters. The maximum atomic E-state index is 13.0. The van der Waals surface area contributed by atoms with Gasteiger partial charge in [-0.2, -0.15) is 13.2 Å². The molecule has 156 valence electrons. The van der Waals surface area contributed by atoms with Gasteiger partial charge in [0.25, 0.3) is 5.91 Å². The molecule has 3 aromatic rings. The number of carbonyl (C=O) groups is 1. The highest BCUT2D eigenvalue weighted by Gasteiger charge is 2.34. The Hall–Kier alpha value is -2.78. The SMILES string of the molecule is CC(=NC(C)c1ccccc1)c1ncc(C(=O)Nc2cc(C(F)(F)F)c(Cl)cn2)s1. The van der Waals surface area contributed by atoms with Gasteiger partial charge >= 0.3 is 6.18 Å². The molecule has 0 aliphatic rings. The molecule has 0 saturated heterocycles. The van der Waals surface area contributed by atoms with Crippen LogP contribution in [-0.2, 0) is 6.18 Å². The first-order valence-corrected chi connectivity index (χ1v) is 9.94. The molecule has 1 aromatic carbocycles. The van der Waals surface area contributed by atoms with Gasteiger partial charge in [-0.3, -0.25) is 9.79 Å². The van der Waals surface area contributed by atoms with Crippen LogP contribution in [0.4, 0.5) is 19.0 Å². The van der Waals surface area contributed by atoms with Crippen LogP contribution in [-0.4, -0.2) is 21.6 Å². The number of amides is 1. The van der Waals surface area contributed by atoms with Gasteiger partial charge in [0, 0.05) is 6.20 Å². The maximum absolute atomic E-state index is 13.0. The molecule has 30 heavy (non-hydrogen) atoms. The summed E-state index contributed by atoms with van der Waals surface area (Å²) in [5, 5.41) is 2.34. The summed E-state index contributed by atoms with van der Waals surface area (Å²) in [4.78, 5) is 25.2. The molecule has 0 bridgehead atoms. The minimum atomic E-state index is -4.65. The highest BCUT2D eigenvalue weighted by molar-refractivity contribution is 7.15. The van der Waals surface area contributed by atoms with E-state index in [9.17, 15) is 18.0 Å². The van der Waals surface area contributed by atoms with Gasteiger partial charge in [0.15, 0.2) is 0 Å². The Labute approximate surface area is 179 Å². The Bertz CT molecular complexity index is 1080. The Morgan fingerprint density at radius 2 is 1.90 bits per heavy atom. The second kappa shape index (κ2) is 8.93. The fourth-order valence-corrected chi connectivity index (χ4v) is 3.57. The van der Waals surface area contributed by atoms with Gasteiger partial charge in [-0.25, -0.2) is 9.97 Å². The van der Waals surface area contributed by atoms with Crippen molar-refractivity contribution in [1.82, 2.24) is 9.97 Å². The third-order valence-electron chi connectivity index (χ3n) is 4.11. The predicted octanol–water partition coefficient (Wildman–Crippen LogP) is 6.03. The zero-order chi connectivity index (χ0) is 21.9. The summed E-state index contributed by atoms with van der Waals surface area (Å²) in [5.74, 6) is -0.875. The second-order valence-electron chi connectivity index (χ2n) is 6.33. The molecule has 0 aliphatic heterocycles. The first kappa shape index (κ1) is 21.9. The molecule has 3 rings (SSSR count). The van der Waals surface area contributed by atoms with Crippen molar-refractivity contribution in [2.24, 2.45) is 4.99 Å². The summed E-state index contributed by atoms with van der Waals surface area (Å²) < 4.78 is 38.9. The van der Waals surface area contributed by atoms with Crippen molar-refractivity contribution in [3.63, 3.8) is 0 Å². The van der Waals surface area contributed by atoms with Crippen LogP contribution >= 0.6 is 22.9 Å². The number of halogens is 4. The Morgan fingerprint density at radius 1 is 1.20 bits per heavy atom. The zero-order valence-electron chi connectivity index (χ0n) is 15.9. The van der Waals surface area contributed by atoms with E-state index in [4.69, 9.17) is 11.6 Å². The van der Waals surface area contributed by atoms with Crippen molar-refractivity contribution in [2.45, 2.75) is 26.1 Å². The monoisotopic (exact) mass is 452 g/mol. The quantitative estimate of drug-likeness (QED) is 0.480. The minimum absolute atomic E-state index is 0.0913. The highest BCUT2D eigenvalue weighted by atomic mass is 35.5. The Morgan fingerprint density at radius 3 is 2.57 bits per heavy atom. The summed E-state index contributed by atoms with van der Waals surface area (Å²) in [6.45, 7) is 3.74. The average molecular weight is 453 g/mol. The van der Waals surface area contributed by atoms with E-state index in [1.54, 1.807) is 6.92 Å². The molecule has 2 heterocycles. The van der Waals surface area contributed by atoms with E-state index in [1.807, 2.05) is 37.3 Å². The van der Waals surface area contributed by atoms with Crippen LogP contribution in [0.25, 0.3) is 0 Å². The fourth-order valence-electron chi connectivity index (χ4n) is 2.60. The van der Waals surface area contributed by atoms with Crippen LogP contribution in [0.1, 0.15) is 45.7 Å². The summed E-state index contributed by atoms with van der Waals surface area (Å²) in [6, 6.07) is 10.3. The molecule has 2 aromatic heterocycles. The number of hydrogen-bond donors (Lipinski definition) is 1. The maximum Gasteiger partial charge on any atom is 0.418 e. The van der Waals surface area contributed by atoms with Crippen molar-refractivity contribution in [3.8, 4) is 0 Å². The number of anilines is 1. The van der Waals surface area contributed by atoms with E-state index in [-0.39, 0.29) is 16.7 Å². The molecular weight excluding hydrogens is 437 g/mol. The zero-order valence-corrected chi connectivity index (χ0v) is 17.4. The van der Waals surface area contributed by atoms with Gasteiger partial charge in [0.1, 0.15) is 15.7 Å². The molecule has 10 heteroatoms. The summed E-state index contributed by atoms with van der Waals surface area (Å²) >= 11 is 6.63. The Balaban J connectivity index is 1.74. The van der Waals surface area contributed by atoms with Gasteiger partial charge in [-0.05, 0) is 25.5 Å². The van der Waals surface area contributed by atoms with Crippen LogP contribution in [0.5, 0.6) is 0 Å². The number of nitrogens with zero attached hydrogens (tertiary/aromatic N) is 3. The number of pyridine rings is 1. The lowest BCUT2D eigenvalue weighted by molar-refractivity contribution is -0.137. The van der Waals surface area contributed by atoms with Gasteiger partial charge in [0.05, 0.1) is 28.5 Å². The molecule has 0 aliphatic carbocycles. The summed E-state index contributed by atoms with van der Waals surface area (Å²) in [7, 11) is 0. The summed E-state index contributed by atoms with van der Waals surface area (Å²) in [6.07, 6.45) is -2.46. The van der Waals surface area contributed by atoms with Crippen molar-refractivity contribution in [3.05, 3.63) is 74.8 Å². The molecule has 1 amide bonds. The Kier molecular flexibility index (Phi) is 6.52. The molecule has 1 N–H and O–H groups in total. The van der Waals surface area contributed by atoms with Gasteiger partial charge in [0.2, 0.25) is 0 Å². The second-order valence-corrected chi connectivity index (χ2v) is 7.77. The van der Waals surface area contributed by atoms with Crippen LogP contribution in [0, 0.1) is 0 Å². The number of nitrogens with one attached hydrogen (secondary N) is 1. The standard InChI is InChI=1S/C20H16ClF3N4OS/c1-11(13-6-4-3-5-7-13)27-12(2)19-26-10-16(30-19)18(29)28-17-8-14(20(22,23)24)15(21)9-25-17/h3-11H,1-2H3,(H,25,28,29). The van der Waals surface area contributed by atoms with Crippen LogP contribution in [0.3, 0.4) is 0 Å². The van der Waals surface area contributed by atoms with Crippen LogP contribution in [0.15, 0.2) is 53.8 Å². The summed E-state index contributed by atoms with van der Waals surface area (Å²) in [5.41, 5.74) is 0.623. The van der Waals surface area contributed by atoms with Crippen LogP contribution in [0.2, 0.25) is 5.02 Å². The lowest BCUT2D eigenvalue weighted by Crippen LogP contribution is -2.13. The molecule has 1 unspecified atom stereocenters. The van der Waals surface area contributed by atoms with E-state index in [0.717, 1.165) is 23.1 Å². The molecule has 0 radical (unpaired) electrons. The van der Waals surface area contributed by atoms with E-state index >= 15 is 0 Å². The number of carbonyl (C=O) groups excluding carboxylic acids is 1. The lowest BCUT2D eigenvalue weighted by atomic mass is 10.1. The van der Waals surface area contributed by atoms with Gasteiger partial charge < -0.3 is 5.32 Å². The number of alkyl halides is 3. The van der Waals surface area contributed by atoms with Gasteiger partial charge in [-0.1, -0.05) is 41.9 Å². The van der Waals surface area contributed by atoms with Gasteiger partial charge in [-0.15, -0.1) is 11.3 Å². The number of rotatable bonds is 5. The molecule has 0 spiro atoms. The van der Waals surface area contributed by atoms with Crippen molar-refractivity contribution >= 4 is 40.4 Å². The van der Waals surface area contributed by atoms with Crippen molar-refractivity contribution < 1.29 is 18.0 Å². The van der Waals surface area contributed by atoms with Crippen LogP contribution < -0.4 is 5.32 Å². The number of benzene rings is 1. The first-order valence-electron chi connectivity index (χ1n) is 8.75. The highest BCUT2D eigenvalue weighted by Crippen LogP contribution is 2.35. The molecule has 0 saturated carbocycles. The number of aromatic nitrogens is 2. The normalized spacial score (nSPS) is 13.2. The smallest absolute Gasteiger partial charge is 0.306 e. The number of hydrogen-bond acceptors (Lipinski definition) is 5. The molecule has 5 nitrogen and oxygen atoms in total. The van der Waals surface area contributed by atoms with Crippen molar-refractivity contribution in [2.75, 3.05) is 5.32 Å². The third kappa shape index (κ3) is 5.22. The lowest BCUT2D eigenvalue weighted by Gasteiger charge is -2.10. The van der Waals surface area contributed by atoms with Crippen molar-refractivity contribution in [1.29, 1.82) is 0 Å². The number of aliphatic imine (C=N–C) groups is 1. The topological polar surface area (TPSA) is 67.2 Å². The molecule has 0 fully saturated rings. The third-order valence-corrected chi connectivity index (χ3v) is 5.52. The average Bonchev–Trinajstić information content (AvgIpc) is 3.20. The number of thiazole rings is 1. The van der Waals surface area contributed by atoms with E-state index in [0.29, 0.717) is 16.8 Å². The molecular formula is C20H16ClF3N4OS. The van der Waals surface area contributed by atoms with E-state index < -0.39 is 22.7 Å². The fraction of sp³-hybridized carbons (Fsp3) is 0.200. The van der Waals surface area contributed by atoms with E-state index in [2.05, 4.69) is 20.3 Å². The largest absolute Gasteiger partial charge is 0.418 e. The van der Waals surface area contributed by atoms with E-state index in [1.165, 1.54) is 6.20 Å². The first-order chi connectivity index (χ1) is 14.1. The predicted molar refractivity (Wildman–Crippen MR) is 111 cm³/mol.